The maximum atomic E-state index is 6.00. The first kappa shape index (κ1) is 15.0. The molecule has 0 radical (unpaired) electrons. The van der Waals surface area contributed by atoms with Gasteiger partial charge in [-0.3, -0.25) is 0 Å². The number of aromatic nitrogens is 4. The Morgan fingerprint density at radius 1 is 0.964 bits per heavy atom. The van der Waals surface area contributed by atoms with Crippen LogP contribution in [0, 0.1) is 0 Å². The number of nitrogens with zero attached hydrogens (tertiary/aromatic N) is 3. The van der Waals surface area contributed by atoms with Crippen molar-refractivity contribution in [1.29, 1.82) is 0 Å². The molecule has 0 unspecified atom stereocenters. The maximum Gasteiger partial charge on any atom is 0.168 e. The van der Waals surface area contributed by atoms with Crippen LogP contribution in [-0.2, 0) is 0 Å². The van der Waals surface area contributed by atoms with Crippen LogP contribution < -0.4 is 5.32 Å². The molecule has 0 saturated heterocycles. The Morgan fingerprint density at radius 3 is 2.89 bits per heavy atom. The van der Waals surface area contributed by atoms with E-state index in [2.05, 4.69) is 27.5 Å². The summed E-state index contributed by atoms with van der Waals surface area (Å²) in [4.78, 5) is 7.97. The number of hydrogen-bond donors (Lipinski definition) is 2. The van der Waals surface area contributed by atoms with E-state index in [1.165, 1.54) is 0 Å². The molecular weight excluding hydrogens is 350 g/mol. The summed E-state index contributed by atoms with van der Waals surface area (Å²) in [5, 5.41) is 10.00. The number of aromatic amines is 1. The largest absolute Gasteiger partial charge is 0.456 e. The van der Waals surface area contributed by atoms with Gasteiger partial charge in [0.05, 0.1) is 11.8 Å². The van der Waals surface area contributed by atoms with Crippen LogP contribution in [-0.4, -0.2) is 19.6 Å². The van der Waals surface area contributed by atoms with Gasteiger partial charge in [0, 0.05) is 34.4 Å². The molecule has 4 aromatic heterocycles. The topological polar surface area (TPSA) is 71.2 Å². The van der Waals surface area contributed by atoms with Gasteiger partial charge in [-0.25, -0.2) is 9.50 Å². The number of fused-ring (bicyclic) bond motifs is 3. The summed E-state index contributed by atoms with van der Waals surface area (Å²) in [5.41, 5.74) is 4.55. The molecule has 4 heterocycles. The molecule has 6 aromatic rings. The molecule has 0 aliphatic rings. The van der Waals surface area contributed by atoms with E-state index in [0.717, 1.165) is 50.3 Å². The van der Waals surface area contributed by atoms with Gasteiger partial charge in [-0.2, -0.15) is 5.10 Å². The summed E-state index contributed by atoms with van der Waals surface area (Å²) in [6.07, 6.45) is 5.62. The summed E-state index contributed by atoms with van der Waals surface area (Å²) in [6, 6.07) is 20.1. The number of hydrogen-bond acceptors (Lipinski definition) is 4. The third-order valence-electron chi connectivity index (χ3n) is 4.89. The number of nitrogens with one attached hydrogen (secondary N) is 2. The first-order valence-electron chi connectivity index (χ1n) is 9.01. The van der Waals surface area contributed by atoms with Crippen LogP contribution in [0.3, 0.4) is 0 Å². The fraction of sp³-hybridized carbons (Fsp3) is 0. The van der Waals surface area contributed by atoms with E-state index >= 15 is 0 Å². The van der Waals surface area contributed by atoms with Crippen molar-refractivity contribution in [3.05, 3.63) is 79.3 Å². The van der Waals surface area contributed by atoms with E-state index in [9.17, 15) is 0 Å². The number of benzene rings is 2. The summed E-state index contributed by atoms with van der Waals surface area (Å²) >= 11 is 0. The van der Waals surface area contributed by atoms with Gasteiger partial charge in [-0.05, 0) is 42.5 Å². The zero-order valence-corrected chi connectivity index (χ0v) is 14.8. The number of H-pyrrole nitrogens is 1. The Bertz CT molecular complexity index is 1420. The number of para-hydroxylation sites is 1. The van der Waals surface area contributed by atoms with E-state index < -0.39 is 0 Å². The first-order valence-corrected chi connectivity index (χ1v) is 9.01. The lowest BCUT2D eigenvalue weighted by Gasteiger charge is -2.06. The lowest BCUT2D eigenvalue weighted by molar-refractivity contribution is 0.632. The van der Waals surface area contributed by atoms with E-state index in [-0.39, 0.29) is 0 Å². The molecule has 0 fully saturated rings. The van der Waals surface area contributed by atoms with Crippen molar-refractivity contribution in [1.82, 2.24) is 19.6 Å². The minimum absolute atomic E-state index is 0.742. The fourth-order valence-electron chi connectivity index (χ4n) is 3.51. The standard InChI is InChI=1S/C22H15N5O/c1-2-4-19-15(3-1)12-20(28-19)17-13-24-27-10-8-21(26-22(17)27)25-16-5-6-18-14(11-16)7-9-23-18/h1-13,23H,(H,25,26). The van der Waals surface area contributed by atoms with Crippen molar-refractivity contribution < 1.29 is 4.42 Å². The lowest BCUT2D eigenvalue weighted by Crippen LogP contribution is -1.97. The number of rotatable bonds is 3. The van der Waals surface area contributed by atoms with E-state index in [4.69, 9.17) is 9.40 Å². The molecule has 6 rings (SSSR count). The maximum absolute atomic E-state index is 6.00. The Kier molecular flexibility index (Phi) is 3.07. The monoisotopic (exact) mass is 365 g/mol. The molecule has 0 atom stereocenters. The van der Waals surface area contributed by atoms with Crippen molar-refractivity contribution in [3.8, 4) is 11.3 Å². The van der Waals surface area contributed by atoms with Gasteiger partial charge in [0.2, 0.25) is 0 Å². The molecular formula is C22H15N5O. The Morgan fingerprint density at radius 2 is 1.93 bits per heavy atom. The van der Waals surface area contributed by atoms with Crippen molar-refractivity contribution >= 4 is 39.0 Å². The lowest BCUT2D eigenvalue weighted by atomic mass is 10.2. The smallest absolute Gasteiger partial charge is 0.168 e. The van der Waals surface area contributed by atoms with Gasteiger partial charge in [0.1, 0.15) is 17.2 Å². The van der Waals surface area contributed by atoms with E-state index in [1.54, 1.807) is 10.7 Å². The van der Waals surface area contributed by atoms with Crippen LogP contribution in [0.2, 0.25) is 0 Å². The molecule has 0 spiro atoms. The normalized spacial score (nSPS) is 11.6. The average molecular weight is 365 g/mol. The summed E-state index contributed by atoms with van der Waals surface area (Å²) in [5.74, 6) is 1.51. The molecule has 0 amide bonds. The minimum Gasteiger partial charge on any atom is -0.456 e. The van der Waals surface area contributed by atoms with Crippen molar-refractivity contribution in [2.75, 3.05) is 5.32 Å². The molecule has 6 nitrogen and oxygen atoms in total. The zero-order valence-electron chi connectivity index (χ0n) is 14.8. The van der Waals surface area contributed by atoms with Crippen LogP contribution in [0.4, 0.5) is 11.5 Å². The number of furan rings is 1. The molecule has 2 aromatic carbocycles. The molecule has 134 valence electrons. The molecule has 0 saturated carbocycles. The van der Waals surface area contributed by atoms with Crippen molar-refractivity contribution in [2.24, 2.45) is 0 Å². The van der Waals surface area contributed by atoms with Gasteiger partial charge >= 0.3 is 0 Å². The Balaban J connectivity index is 1.42. The highest BCUT2D eigenvalue weighted by atomic mass is 16.3. The SMILES string of the molecule is c1ccc2oc(-c3cnn4ccc(Nc5ccc6[nH]ccc6c5)nc34)cc2c1. The highest BCUT2D eigenvalue weighted by molar-refractivity contribution is 5.86. The van der Waals surface area contributed by atoms with Gasteiger partial charge < -0.3 is 14.7 Å². The van der Waals surface area contributed by atoms with Crippen LogP contribution in [0.5, 0.6) is 0 Å². The molecule has 0 bridgehead atoms. The minimum atomic E-state index is 0.742. The summed E-state index contributed by atoms with van der Waals surface area (Å²) in [6.45, 7) is 0. The zero-order chi connectivity index (χ0) is 18.5. The van der Waals surface area contributed by atoms with E-state index in [1.807, 2.05) is 60.9 Å². The molecule has 6 heteroatoms. The van der Waals surface area contributed by atoms with Gasteiger partial charge in [-0.1, -0.05) is 18.2 Å². The number of anilines is 2. The van der Waals surface area contributed by atoms with Crippen molar-refractivity contribution in [2.45, 2.75) is 0 Å². The van der Waals surface area contributed by atoms with Crippen LogP contribution >= 0.6 is 0 Å². The highest BCUT2D eigenvalue weighted by Crippen LogP contribution is 2.30. The Labute approximate surface area is 159 Å². The summed E-state index contributed by atoms with van der Waals surface area (Å²) in [7, 11) is 0. The third-order valence-corrected chi connectivity index (χ3v) is 4.89. The first-order chi connectivity index (χ1) is 13.8. The van der Waals surface area contributed by atoms with Gasteiger partial charge in [0.15, 0.2) is 5.65 Å². The van der Waals surface area contributed by atoms with Gasteiger partial charge in [-0.15, -0.1) is 0 Å². The van der Waals surface area contributed by atoms with Crippen LogP contribution in [0.15, 0.2) is 83.7 Å². The average Bonchev–Trinajstić information content (AvgIpc) is 3.44. The molecule has 2 N–H and O–H groups in total. The van der Waals surface area contributed by atoms with Gasteiger partial charge in [0.25, 0.3) is 0 Å². The predicted molar refractivity (Wildman–Crippen MR) is 110 cm³/mol. The summed E-state index contributed by atoms with van der Waals surface area (Å²) < 4.78 is 7.75. The quantitative estimate of drug-likeness (QED) is 0.442. The second-order valence-electron chi connectivity index (χ2n) is 6.69. The van der Waals surface area contributed by atoms with Crippen molar-refractivity contribution in [3.63, 3.8) is 0 Å². The van der Waals surface area contributed by atoms with Crippen LogP contribution in [0.25, 0.3) is 38.8 Å². The van der Waals surface area contributed by atoms with Crippen LogP contribution in [0.1, 0.15) is 0 Å². The second-order valence-corrected chi connectivity index (χ2v) is 6.69. The molecule has 0 aliphatic carbocycles. The fourth-order valence-corrected chi connectivity index (χ4v) is 3.51. The van der Waals surface area contributed by atoms with E-state index in [0.29, 0.717) is 0 Å². The molecule has 28 heavy (non-hydrogen) atoms. The predicted octanol–water partition coefficient (Wildman–Crippen LogP) is 5.37. The molecule has 0 aliphatic heterocycles. The highest BCUT2D eigenvalue weighted by Gasteiger charge is 2.13. The Hall–Kier alpha value is -4.06. The second kappa shape index (κ2) is 5.72. The third kappa shape index (κ3) is 2.35.